The number of rotatable bonds is 5. The molecule has 7 heteroatoms. The molecule has 0 spiro atoms. The van der Waals surface area contributed by atoms with Gasteiger partial charge in [-0.1, -0.05) is 6.92 Å². The molecule has 1 rings (SSSR count). The van der Waals surface area contributed by atoms with E-state index >= 15 is 0 Å². The molecule has 98 valence electrons. The van der Waals surface area contributed by atoms with Crippen LogP contribution in [0.15, 0.2) is 29.2 Å². The summed E-state index contributed by atoms with van der Waals surface area (Å²) in [7, 11) is -6.92. The average Bonchev–Trinajstić information content (AvgIpc) is 2.37. The van der Waals surface area contributed by atoms with E-state index in [1.165, 1.54) is 31.2 Å². The number of sulfone groups is 2. The maximum atomic E-state index is 11.8. The molecule has 0 radical (unpaired) electrons. The zero-order valence-corrected chi connectivity index (χ0v) is 11.5. The summed E-state index contributed by atoms with van der Waals surface area (Å²) in [5.41, 5.74) is 0.357. The lowest BCUT2D eigenvalue weighted by Crippen LogP contribution is -2.18. The van der Waals surface area contributed by atoms with E-state index in [0.29, 0.717) is 5.56 Å². The molecule has 0 fully saturated rings. The van der Waals surface area contributed by atoms with Gasteiger partial charge in [0.25, 0.3) is 0 Å². The molecule has 0 aliphatic heterocycles. The van der Waals surface area contributed by atoms with Crippen LogP contribution in [0.2, 0.25) is 0 Å². The fourth-order valence-corrected chi connectivity index (χ4v) is 4.20. The largest absolute Gasteiger partial charge is 0.229 e. The summed E-state index contributed by atoms with van der Waals surface area (Å²) in [4.78, 5) is 0.0350. The van der Waals surface area contributed by atoms with Crippen molar-refractivity contribution in [2.75, 3.05) is 17.3 Å². The minimum atomic E-state index is -3.62. The first kappa shape index (κ1) is 14.7. The van der Waals surface area contributed by atoms with E-state index in [-0.39, 0.29) is 16.4 Å². The highest BCUT2D eigenvalue weighted by atomic mass is 32.2. The Balaban J connectivity index is 2.91. The summed E-state index contributed by atoms with van der Waals surface area (Å²) < 4.78 is 46.2. The number of hydrogen-bond donors (Lipinski definition) is 0. The van der Waals surface area contributed by atoms with E-state index in [0.717, 1.165) is 0 Å². The van der Waals surface area contributed by atoms with Gasteiger partial charge in [0.2, 0.25) is 0 Å². The summed E-state index contributed by atoms with van der Waals surface area (Å²) >= 11 is 0. The number of benzene rings is 1. The number of nitrogens with zero attached hydrogens (tertiary/aromatic N) is 1. The third kappa shape index (κ3) is 3.82. The summed E-state index contributed by atoms with van der Waals surface area (Å²) in [5.74, 6) is -0.892. The molecule has 0 atom stereocenters. The summed E-state index contributed by atoms with van der Waals surface area (Å²) in [6, 6.07) is 7.28. The van der Waals surface area contributed by atoms with Crippen LogP contribution in [-0.4, -0.2) is 34.1 Å². The maximum Gasteiger partial charge on any atom is 0.179 e. The number of nitriles is 1. The van der Waals surface area contributed by atoms with Crippen LogP contribution >= 0.6 is 0 Å². The first-order chi connectivity index (χ1) is 8.30. The van der Waals surface area contributed by atoms with Crippen LogP contribution in [-0.2, 0) is 19.7 Å². The van der Waals surface area contributed by atoms with Crippen LogP contribution in [0, 0.1) is 11.3 Å². The van der Waals surface area contributed by atoms with E-state index in [1.54, 1.807) is 0 Å². The van der Waals surface area contributed by atoms with Crippen molar-refractivity contribution in [1.29, 1.82) is 5.26 Å². The Kier molecular flexibility index (Phi) is 4.48. The third-order valence-corrected chi connectivity index (χ3v) is 6.14. The van der Waals surface area contributed by atoms with E-state index in [9.17, 15) is 16.8 Å². The molecular weight excluding hydrogens is 274 g/mol. The van der Waals surface area contributed by atoms with Crippen molar-refractivity contribution in [3.05, 3.63) is 29.8 Å². The lowest BCUT2D eigenvalue weighted by atomic mass is 10.2. The quantitative estimate of drug-likeness (QED) is 0.797. The van der Waals surface area contributed by atoms with Crippen molar-refractivity contribution in [2.24, 2.45) is 0 Å². The van der Waals surface area contributed by atoms with Crippen molar-refractivity contribution in [1.82, 2.24) is 0 Å². The molecule has 0 aliphatic carbocycles. The molecule has 5 nitrogen and oxygen atoms in total. The summed E-state index contributed by atoms with van der Waals surface area (Å²) in [5, 5.41) is 8.59. The Morgan fingerprint density at radius 3 is 2.06 bits per heavy atom. The molecule has 0 amide bonds. The lowest BCUT2D eigenvalue weighted by molar-refractivity contribution is 0.588. The molecule has 0 bridgehead atoms. The molecule has 0 saturated carbocycles. The minimum absolute atomic E-state index is 0.0350. The van der Waals surface area contributed by atoms with Crippen molar-refractivity contribution in [2.45, 2.75) is 11.8 Å². The SMILES string of the molecule is CCS(=O)(=O)CCS(=O)(=O)c1ccc(C#N)cc1. The molecule has 0 aromatic heterocycles. The second-order valence-electron chi connectivity index (χ2n) is 3.69. The molecule has 0 unspecified atom stereocenters. The highest BCUT2D eigenvalue weighted by Crippen LogP contribution is 2.12. The van der Waals surface area contributed by atoms with Crippen LogP contribution < -0.4 is 0 Å². The van der Waals surface area contributed by atoms with Gasteiger partial charge in [-0.3, -0.25) is 0 Å². The van der Waals surface area contributed by atoms with E-state index < -0.39 is 25.4 Å². The van der Waals surface area contributed by atoms with Gasteiger partial charge >= 0.3 is 0 Å². The van der Waals surface area contributed by atoms with Gasteiger partial charge in [0.05, 0.1) is 28.0 Å². The highest BCUT2D eigenvalue weighted by molar-refractivity contribution is 7.95. The average molecular weight is 287 g/mol. The third-order valence-electron chi connectivity index (χ3n) is 2.45. The molecule has 0 aliphatic rings. The molecule has 18 heavy (non-hydrogen) atoms. The van der Waals surface area contributed by atoms with Gasteiger partial charge in [0, 0.05) is 5.75 Å². The molecule has 0 heterocycles. The Hall–Kier alpha value is -1.39. The fourth-order valence-electron chi connectivity index (χ4n) is 1.24. The Morgan fingerprint density at radius 1 is 1.06 bits per heavy atom. The van der Waals surface area contributed by atoms with Crippen molar-refractivity contribution in [3.63, 3.8) is 0 Å². The van der Waals surface area contributed by atoms with Gasteiger partial charge in [-0.2, -0.15) is 5.26 Å². The highest BCUT2D eigenvalue weighted by Gasteiger charge is 2.18. The molecule has 0 saturated heterocycles. The first-order valence-corrected chi connectivity index (χ1v) is 8.71. The predicted octanol–water partition coefficient (Wildman–Crippen LogP) is 0.767. The predicted molar refractivity (Wildman–Crippen MR) is 67.5 cm³/mol. The zero-order valence-electron chi connectivity index (χ0n) is 9.83. The Labute approximate surface area is 107 Å². The normalized spacial score (nSPS) is 12.0. The topological polar surface area (TPSA) is 92.1 Å². The molecular formula is C11H13NO4S2. The van der Waals surface area contributed by atoms with Gasteiger partial charge in [-0.25, -0.2) is 16.8 Å². The Bertz CT molecular complexity index is 652. The van der Waals surface area contributed by atoms with Crippen LogP contribution in [0.25, 0.3) is 0 Å². The van der Waals surface area contributed by atoms with Crippen LogP contribution in [0.3, 0.4) is 0 Å². The molecule has 0 N–H and O–H groups in total. The van der Waals surface area contributed by atoms with Gasteiger partial charge in [-0.15, -0.1) is 0 Å². The maximum absolute atomic E-state index is 11.8. The summed E-state index contributed by atoms with van der Waals surface area (Å²) in [6.45, 7) is 1.48. The smallest absolute Gasteiger partial charge is 0.179 e. The van der Waals surface area contributed by atoms with Crippen molar-refractivity contribution in [3.8, 4) is 6.07 Å². The Morgan fingerprint density at radius 2 is 1.61 bits per heavy atom. The first-order valence-electron chi connectivity index (χ1n) is 5.24. The zero-order chi connectivity index (χ0) is 13.8. The van der Waals surface area contributed by atoms with E-state index in [4.69, 9.17) is 5.26 Å². The van der Waals surface area contributed by atoms with Gasteiger partial charge in [-0.05, 0) is 24.3 Å². The van der Waals surface area contributed by atoms with Gasteiger partial charge < -0.3 is 0 Å². The molecule has 1 aromatic carbocycles. The van der Waals surface area contributed by atoms with E-state index in [1.807, 2.05) is 6.07 Å². The second-order valence-corrected chi connectivity index (χ2v) is 8.27. The van der Waals surface area contributed by atoms with Crippen molar-refractivity contribution < 1.29 is 16.8 Å². The summed E-state index contributed by atoms with van der Waals surface area (Å²) in [6.07, 6.45) is 0. The van der Waals surface area contributed by atoms with Gasteiger partial charge in [0.1, 0.15) is 0 Å². The van der Waals surface area contributed by atoms with Crippen LogP contribution in [0.5, 0.6) is 0 Å². The monoisotopic (exact) mass is 287 g/mol. The fraction of sp³-hybridized carbons (Fsp3) is 0.364. The van der Waals surface area contributed by atoms with Crippen LogP contribution in [0.4, 0.5) is 0 Å². The standard InChI is InChI=1S/C11H13NO4S2/c1-2-17(13,14)7-8-18(15,16)11-5-3-10(9-12)4-6-11/h3-6H,2,7-8H2,1H3. The second kappa shape index (κ2) is 5.50. The number of hydrogen-bond acceptors (Lipinski definition) is 5. The minimum Gasteiger partial charge on any atom is -0.229 e. The van der Waals surface area contributed by atoms with Gasteiger partial charge in [0.15, 0.2) is 19.7 Å². The van der Waals surface area contributed by atoms with E-state index in [2.05, 4.69) is 0 Å². The van der Waals surface area contributed by atoms with Crippen LogP contribution in [0.1, 0.15) is 12.5 Å². The molecule has 1 aromatic rings. The lowest BCUT2D eigenvalue weighted by Gasteiger charge is -2.04. The van der Waals surface area contributed by atoms with Crippen molar-refractivity contribution >= 4 is 19.7 Å².